The minimum absolute atomic E-state index is 0.146. The molecule has 0 bridgehead atoms. The second-order valence-corrected chi connectivity index (χ2v) is 5.09. The first-order valence-electron chi connectivity index (χ1n) is 7.44. The largest absolute Gasteiger partial charge is 0.469 e. The summed E-state index contributed by atoms with van der Waals surface area (Å²) in [6.45, 7) is 7.28. The quantitative estimate of drug-likeness (QED) is 0.447. The first-order valence-corrected chi connectivity index (χ1v) is 7.44. The third-order valence-electron chi connectivity index (χ3n) is 3.66. The van der Waals surface area contributed by atoms with Gasteiger partial charge in [-0.1, -0.05) is 0 Å². The lowest BCUT2D eigenvalue weighted by molar-refractivity contribution is -0.141. The topological polar surface area (TPSA) is 71.1 Å². The predicted molar refractivity (Wildman–Crippen MR) is 79.0 cm³/mol. The van der Waals surface area contributed by atoms with E-state index in [4.69, 9.17) is 0 Å². The second kappa shape index (κ2) is 10.5. The monoisotopic (exact) mass is 301 g/mol. The van der Waals surface area contributed by atoms with Crippen LogP contribution in [0.25, 0.3) is 0 Å². The molecule has 7 nitrogen and oxygen atoms in total. The summed E-state index contributed by atoms with van der Waals surface area (Å²) in [7, 11) is 2.83. The van der Waals surface area contributed by atoms with Gasteiger partial charge in [0, 0.05) is 52.4 Å². The summed E-state index contributed by atoms with van der Waals surface area (Å²) in [5.74, 6) is -0.325. The molecule has 21 heavy (non-hydrogen) atoms. The van der Waals surface area contributed by atoms with E-state index >= 15 is 0 Å². The molecule has 1 saturated heterocycles. The van der Waals surface area contributed by atoms with Crippen molar-refractivity contribution in [3.8, 4) is 0 Å². The summed E-state index contributed by atoms with van der Waals surface area (Å²) in [5, 5.41) is 3.24. The molecule has 1 aliphatic rings. The molecule has 0 radical (unpaired) electrons. The lowest BCUT2D eigenvalue weighted by Crippen LogP contribution is -2.48. The number of hydrogen-bond acceptors (Lipinski definition) is 7. The third kappa shape index (κ3) is 7.99. The van der Waals surface area contributed by atoms with Gasteiger partial charge in [-0.05, 0) is 0 Å². The van der Waals surface area contributed by atoms with Gasteiger partial charge in [-0.2, -0.15) is 0 Å². The Kier molecular flexibility index (Phi) is 8.96. The Morgan fingerprint density at radius 2 is 1.38 bits per heavy atom. The van der Waals surface area contributed by atoms with Crippen molar-refractivity contribution in [3.63, 3.8) is 0 Å². The van der Waals surface area contributed by atoms with E-state index in [1.165, 1.54) is 14.2 Å². The fourth-order valence-corrected chi connectivity index (χ4v) is 2.24. The Labute approximate surface area is 126 Å². The molecule has 0 aromatic rings. The van der Waals surface area contributed by atoms with Gasteiger partial charge >= 0.3 is 11.9 Å². The van der Waals surface area contributed by atoms with Gasteiger partial charge in [0.15, 0.2) is 0 Å². The van der Waals surface area contributed by atoms with Gasteiger partial charge in [0.1, 0.15) is 0 Å². The zero-order chi connectivity index (χ0) is 15.5. The van der Waals surface area contributed by atoms with Crippen LogP contribution < -0.4 is 5.32 Å². The van der Waals surface area contributed by atoms with Crippen molar-refractivity contribution < 1.29 is 19.1 Å². The van der Waals surface area contributed by atoms with E-state index in [0.717, 1.165) is 45.8 Å². The number of hydrogen-bond donors (Lipinski definition) is 1. The molecule has 1 fully saturated rings. The van der Waals surface area contributed by atoms with Crippen LogP contribution >= 0.6 is 0 Å². The Morgan fingerprint density at radius 1 is 0.857 bits per heavy atom. The number of ether oxygens (including phenoxy) is 2. The van der Waals surface area contributed by atoms with Crippen molar-refractivity contribution in [3.05, 3.63) is 0 Å². The fraction of sp³-hybridized carbons (Fsp3) is 0.857. The van der Waals surface area contributed by atoms with Crippen molar-refractivity contribution in [2.24, 2.45) is 0 Å². The number of carbonyl (C=O) groups is 2. The van der Waals surface area contributed by atoms with Crippen molar-refractivity contribution in [1.82, 2.24) is 15.1 Å². The van der Waals surface area contributed by atoms with Crippen LogP contribution in [0.3, 0.4) is 0 Å². The molecule has 1 rings (SSSR count). The van der Waals surface area contributed by atoms with Gasteiger partial charge in [-0.15, -0.1) is 0 Å². The van der Waals surface area contributed by atoms with Crippen LogP contribution in [0.1, 0.15) is 12.8 Å². The first-order chi connectivity index (χ1) is 10.2. The predicted octanol–water partition coefficient (Wildman–Crippen LogP) is -0.680. The number of nitrogens with zero attached hydrogens (tertiary/aromatic N) is 2. The summed E-state index contributed by atoms with van der Waals surface area (Å²) < 4.78 is 9.22. The summed E-state index contributed by atoms with van der Waals surface area (Å²) in [6.07, 6.45) is 0.878. The molecule has 0 atom stereocenters. The van der Waals surface area contributed by atoms with Crippen molar-refractivity contribution >= 4 is 11.9 Å². The number of nitrogens with one attached hydrogen (secondary N) is 1. The summed E-state index contributed by atoms with van der Waals surface area (Å²) in [6, 6.07) is 0. The highest BCUT2D eigenvalue weighted by atomic mass is 16.5. The Balaban J connectivity index is 2.00. The van der Waals surface area contributed by atoms with E-state index in [1.807, 2.05) is 0 Å². The number of piperazine rings is 1. The van der Waals surface area contributed by atoms with Crippen molar-refractivity contribution in [1.29, 1.82) is 0 Å². The zero-order valence-corrected chi connectivity index (χ0v) is 13.1. The SMILES string of the molecule is COC(=O)CCNCCN1CCN(CCC(=O)OC)CC1. The highest BCUT2D eigenvalue weighted by Gasteiger charge is 2.17. The van der Waals surface area contributed by atoms with Crippen LogP contribution in [0.15, 0.2) is 0 Å². The molecule has 122 valence electrons. The van der Waals surface area contributed by atoms with Gasteiger partial charge in [-0.3, -0.25) is 14.5 Å². The van der Waals surface area contributed by atoms with Crippen LogP contribution in [0.2, 0.25) is 0 Å². The maximum absolute atomic E-state index is 11.1. The first kappa shape index (κ1) is 17.9. The maximum atomic E-state index is 11.1. The van der Waals surface area contributed by atoms with Crippen LogP contribution in [0.5, 0.6) is 0 Å². The fourth-order valence-electron chi connectivity index (χ4n) is 2.24. The summed E-state index contributed by atoms with van der Waals surface area (Å²) in [4.78, 5) is 26.7. The summed E-state index contributed by atoms with van der Waals surface area (Å²) >= 11 is 0. The van der Waals surface area contributed by atoms with E-state index in [2.05, 4.69) is 24.6 Å². The zero-order valence-electron chi connectivity index (χ0n) is 13.1. The lowest BCUT2D eigenvalue weighted by atomic mass is 10.3. The van der Waals surface area contributed by atoms with Crippen LogP contribution in [0, 0.1) is 0 Å². The van der Waals surface area contributed by atoms with E-state index in [0.29, 0.717) is 19.4 Å². The number of rotatable bonds is 9. The van der Waals surface area contributed by atoms with Gasteiger partial charge in [0.2, 0.25) is 0 Å². The molecule has 0 amide bonds. The molecular formula is C14H27N3O4. The Morgan fingerprint density at radius 3 is 1.95 bits per heavy atom. The normalized spacial score (nSPS) is 16.7. The van der Waals surface area contributed by atoms with Crippen LogP contribution in [-0.2, 0) is 19.1 Å². The van der Waals surface area contributed by atoms with Crippen molar-refractivity contribution in [2.75, 3.05) is 66.6 Å². The van der Waals surface area contributed by atoms with Gasteiger partial charge in [0.05, 0.1) is 27.1 Å². The molecule has 1 N–H and O–H groups in total. The standard InChI is InChI=1S/C14H27N3O4/c1-20-13(18)3-5-15-6-8-17-11-9-16(10-12-17)7-4-14(19)21-2/h15H,3-12H2,1-2H3. The average Bonchev–Trinajstić information content (AvgIpc) is 2.53. The van der Waals surface area contributed by atoms with Crippen LogP contribution in [0.4, 0.5) is 0 Å². The van der Waals surface area contributed by atoms with Gasteiger partial charge < -0.3 is 19.7 Å². The molecular weight excluding hydrogens is 274 g/mol. The smallest absolute Gasteiger partial charge is 0.306 e. The molecule has 0 unspecified atom stereocenters. The lowest BCUT2D eigenvalue weighted by Gasteiger charge is -2.34. The van der Waals surface area contributed by atoms with Gasteiger partial charge in [-0.25, -0.2) is 0 Å². The van der Waals surface area contributed by atoms with E-state index in [1.54, 1.807) is 0 Å². The van der Waals surface area contributed by atoms with E-state index in [9.17, 15) is 9.59 Å². The van der Waals surface area contributed by atoms with Crippen LogP contribution in [-0.4, -0.2) is 88.3 Å². The molecule has 7 heteroatoms. The molecule has 1 aliphatic heterocycles. The minimum atomic E-state index is -0.179. The molecule has 0 aliphatic carbocycles. The van der Waals surface area contributed by atoms with Crippen molar-refractivity contribution in [2.45, 2.75) is 12.8 Å². The molecule has 0 spiro atoms. The highest BCUT2D eigenvalue weighted by molar-refractivity contribution is 5.69. The number of carbonyl (C=O) groups excluding carboxylic acids is 2. The molecule has 1 heterocycles. The van der Waals surface area contributed by atoms with E-state index < -0.39 is 0 Å². The second-order valence-electron chi connectivity index (χ2n) is 5.09. The Hall–Kier alpha value is -1.18. The van der Waals surface area contributed by atoms with Gasteiger partial charge in [0.25, 0.3) is 0 Å². The number of methoxy groups -OCH3 is 2. The van der Waals surface area contributed by atoms with E-state index in [-0.39, 0.29) is 11.9 Å². The summed E-state index contributed by atoms with van der Waals surface area (Å²) in [5.41, 5.74) is 0. The molecule has 0 saturated carbocycles. The number of esters is 2. The average molecular weight is 301 g/mol. The Bertz CT molecular complexity index is 315. The maximum Gasteiger partial charge on any atom is 0.306 e. The minimum Gasteiger partial charge on any atom is -0.469 e. The highest BCUT2D eigenvalue weighted by Crippen LogP contribution is 2.02. The molecule has 0 aromatic heterocycles. The third-order valence-corrected chi connectivity index (χ3v) is 3.66. The molecule has 0 aromatic carbocycles.